The second kappa shape index (κ2) is 4.76. The van der Waals surface area contributed by atoms with Crippen LogP contribution >= 0.6 is 11.6 Å². The number of hydrogen-bond acceptors (Lipinski definition) is 2. The van der Waals surface area contributed by atoms with Gasteiger partial charge in [0.15, 0.2) is 0 Å². The summed E-state index contributed by atoms with van der Waals surface area (Å²) in [5.74, 6) is -0.778. The van der Waals surface area contributed by atoms with E-state index in [2.05, 4.69) is 0 Å². The van der Waals surface area contributed by atoms with E-state index in [0.717, 1.165) is 0 Å². The number of nitrogens with two attached hydrogens (primary N) is 1. The third-order valence-corrected chi connectivity index (χ3v) is 4.49. The maximum Gasteiger partial charge on any atom is 0.145 e. The Hall–Kier alpha value is -0.470. The predicted molar refractivity (Wildman–Crippen MR) is 89.5 cm³/mol. The standard InChI is InChI=1S/C12H8B6ClNO/c13-10(14)5-9(20,6-3-1-2-4-7(6)19)8(21)11(15,16)12(10,17)18/h1-4H,5,20H2. The fourth-order valence-electron chi connectivity index (χ4n) is 2.67. The summed E-state index contributed by atoms with van der Waals surface area (Å²) in [6.07, 6.45) is -0.258. The van der Waals surface area contributed by atoms with Gasteiger partial charge in [-0.2, -0.15) is 0 Å². The van der Waals surface area contributed by atoms with Crippen molar-refractivity contribution in [3.63, 3.8) is 0 Å². The lowest BCUT2D eigenvalue weighted by Gasteiger charge is -2.63. The summed E-state index contributed by atoms with van der Waals surface area (Å²) in [4.78, 5) is 12.7. The molecule has 0 saturated heterocycles. The molecule has 0 aliphatic heterocycles. The number of benzene rings is 1. The molecule has 1 aromatic carbocycles. The second-order valence-corrected chi connectivity index (χ2v) is 6.14. The van der Waals surface area contributed by atoms with Crippen molar-refractivity contribution in [2.45, 2.75) is 27.6 Å². The number of Topliss-reactive ketones (excluding diaryl/α,β-unsaturated/α-hetero) is 1. The van der Waals surface area contributed by atoms with Crippen LogP contribution in [0, 0.1) is 0 Å². The first-order chi connectivity index (χ1) is 9.38. The molecule has 21 heavy (non-hydrogen) atoms. The highest BCUT2D eigenvalue weighted by Gasteiger charge is 2.60. The summed E-state index contributed by atoms with van der Waals surface area (Å²) in [6.45, 7) is 0. The molecule has 2 nitrogen and oxygen atoms in total. The first-order valence-electron chi connectivity index (χ1n) is 6.20. The van der Waals surface area contributed by atoms with Gasteiger partial charge >= 0.3 is 0 Å². The van der Waals surface area contributed by atoms with Crippen molar-refractivity contribution in [1.82, 2.24) is 0 Å². The van der Waals surface area contributed by atoms with Gasteiger partial charge in [-0.15, -0.1) is 10.4 Å². The molecule has 1 saturated carbocycles. The van der Waals surface area contributed by atoms with Crippen LogP contribution in [0.25, 0.3) is 0 Å². The van der Waals surface area contributed by atoms with Crippen molar-refractivity contribution in [2.24, 2.45) is 5.73 Å². The van der Waals surface area contributed by atoms with Crippen LogP contribution in [0.2, 0.25) is 20.7 Å². The molecule has 0 amide bonds. The Balaban J connectivity index is 2.67. The van der Waals surface area contributed by atoms with Crippen LogP contribution in [-0.4, -0.2) is 52.9 Å². The van der Waals surface area contributed by atoms with Crippen molar-refractivity contribution in [2.75, 3.05) is 0 Å². The van der Waals surface area contributed by atoms with Crippen molar-refractivity contribution in [1.29, 1.82) is 0 Å². The highest BCUT2D eigenvalue weighted by Crippen LogP contribution is 2.65. The Morgan fingerprint density at radius 2 is 1.57 bits per heavy atom. The second-order valence-electron chi connectivity index (χ2n) is 5.74. The van der Waals surface area contributed by atoms with Crippen LogP contribution in [-0.2, 0) is 10.3 Å². The van der Waals surface area contributed by atoms with Gasteiger partial charge in [-0.1, -0.05) is 35.0 Å². The monoisotopic (exact) mass is 283 g/mol. The largest absolute Gasteiger partial charge is 0.315 e. The summed E-state index contributed by atoms with van der Waals surface area (Å²) < 4.78 is 0. The SMILES string of the molecule is [B]C1([B])CC(N)(c2ccccc2Cl)C(=O)C([B])([B])C1([B])[B]. The molecule has 1 atom stereocenters. The fourth-order valence-corrected chi connectivity index (χ4v) is 2.97. The minimum atomic E-state index is -2.22. The molecule has 92 valence electrons. The molecule has 0 heterocycles. The number of halogens is 1. The van der Waals surface area contributed by atoms with Gasteiger partial charge in [0.05, 0.1) is 52.6 Å². The highest BCUT2D eigenvalue weighted by atomic mass is 35.5. The lowest BCUT2D eigenvalue weighted by molar-refractivity contribution is -0.128. The third-order valence-electron chi connectivity index (χ3n) is 4.16. The number of rotatable bonds is 1. The zero-order chi connectivity index (χ0) is 16.3. The van der Waals surface area contributed by atoms with E-state index in [1.165, 1.54) is 0 Å². The quantitative estimate of drug-likeness (QED) is 0.727. The van der Waals surface area contributed by atoms with E-state index in [9.17, 15) is 4.79 Å². The zero-order valence-electron chi connectivity index (χ0n) is 11.3. The van der Waals surface area contributed by atoms with Crippen molar-refractivity contribution < 1.29 is 4.79 Å². The maximum atomic E-state index is 12.7. The number of ketones is 1. The topological polar surface area (TPSA) is 43.1 Å². The predicted octanol–water partition coefficient (Wildman–Crippen LogP) is -0.174. The van der Waals surface area contributed by atoms with Gasteiger partial charge in [-0.05, 0) is 18.1 Å². The van der Waals surface area contributed by atoms with Crippen LogP contribution in [0.1, 0.15) is 12.0 Å². The summed E-state index contributed by atoms with van der Waals surface area (Å²) in [5.41, 5.74) is 4.86. The number of carbonyl (C=O) groups excluding carboxylic acids is 1. The lowest BCUT2D eigenvalue weighted by atomic mass is 9.13. The van der Waals surface area contributed by atoms with E-state index >= 15 is 0 Å². The van der Waals surface area contributed by atoms with Crippen LogP contribution in [0.3, 0.4) is 0 Å². The van der Waals surface area contributed by atoms with Crippen LogP contribution in [0.4, 0.5) is 0 Å². The van der Waals surface area contributed by atoms with Gasteiger partial charge in [0.25, 0.3) is 0 Å². The summed E-state index contributed by atoms with van der Waals surface area (Å²) in [5, 5.41) is -5.77. The van der Waals surface area contributed by atoms with Gasteiger partial charge in [-0.25, -0.2) is 0 Å². The lowest BCUT2D eigenvalue weighted by Crippen LogP contribution is -2.63. The van der Waals surface area contributed by atoms with Gasteiger partial charge < -0.3 is 5.73 Å². The van der Waals surface area contributed by atoms with Crippen molar-refractivity contribution in [3.05, 3.63) is 34.9 Å². The maximum absolute atomic E-state index is 12.7. The Bertz CT molecular complexity index is 605. The molecule has 12 radical (unpaired) electrons. The molecule has 1 aliphatic rings. The van der Waals surface area contributed by atoms with E-state index in [0.29, 0.717) is 5.56 Å². The van der Waals surface area contributed by atoms with Gasteiger partial charge in [0, 0.05) is 5.02 Å². The number of carbonyl (C=O) groups is 1. The smallest absolute Gasteiger partial charge is 0.145 e. The molecular formula is C12H8B6ClNO. The molecule has 1 fully saturated rings. The first-order valence-corrected chi connectivity index (χ1v) is 6.58. The molecule has 1 aromatic rings. The fraction of sp³-hybridized carbons (Fsp3) is 0.417. The van der Waals surface area contributed by atoms with Crippen LogP contribution < -0.4 is 5.73 Å². The third kappa shape index (κ3) is 2.17. The Kier molecular flexibility index (Phi) is 3.83. The molecule has 1 unspecified atom stereocenters. The van der Waals surface area contributed by atoms with E-state index in [4.69, 9.17) is 64.4 Å². The molecule has 2 N–H and O–H groups in total. The zero-order valence-corrected chi connectivity index (χ0v) is 12.1. The summed E-state index contributed by atoms with van der Waals surface area (Å²) in [6, 6.07) is 6.51. The molecule has 0 bridgehead atoms. The minimum absolute atomic E-state index is 0.258. The first kappa shape index (κ1) is 16.9. The van der Waals surface area contributed by atoms with Crippen molar-refractivity contribution in [3.8, 4) is 0 Å². The Morgan fingerprint density at radius 3 is 2.10 bits per heavy atom. The van der Waals surface area contributed by atoms with E-state index < -0.39 is 27.0 Å². The number of hydrogen-bond donors (Lipinski definition) is 1. The minimum Gasteiger partial charge on any atom is -0.315 e. The average Bonchev–Trinajstić information content (AvgIpc) is 2.35. The van der Waals surface area contributed by atoms with Gasteiger partial charge in [0.1, 0.15) is 5.78 Å². The van der Waals surface area contributed by atoms with Crippen LogP contribution in [0.15, 0.2) is 24.3 Å². The molecule has 2 rings (SSSR count). The summed E-state index contributed by atoms with van der Waals surface area (Å²) in [7, 11) is 35.2. The van der Waals surface area contributed by atoms with E-state index in [1.54, 1.807) is 24.3 Å². The highest BCUT2D eigenvalue weighted by molar-refractivity contribution is 6.67. The average molecular weight is 283 g/mol. The van der Waals surface area contributed by atoms with Crippen LogP contribution in [0.5, 0.6) is 0 Å². The molecule has 9 heteroatoms. The molecule has 1 aliphatic carbocycles. The van der Waals surface area contributed by atoms with Crippen molar-refractivity contribution >= 4 is 64.5 Å². The summed E-state index contributed by atoms with van der Waals surface area (Å²) >= 11 is 6.11. The molecule has 0 spiro atoms. The van der Waals surface area contributed by atoms with E-state index in [-0.39, 0.29) is 11.4 Å². The Labute approximate surface area is 137 Å². The molecular weight excluding hydrogens is 274 g/mol. The Morgan fingerprint density at radius 1 is 1.05 bits per heavy atom. The normalized spacial score (nSPS) is 29.9. The van der Waals surface area contributed by atoms with E-state index in [1.807, 2.05) is 0 Å². The van der Waals surface area contributed by atoms with Gasteiger partial charge in [0.2, 0.25) is 0 Å². The molecule has 0 aromatic heterocycles. The van der Waals surface area contributed by atoms with Gasteiger partial charge in [-0.3, -0.25) is 4.79 Å².